The van der Waals surface area contributed by atoms with Gasteiger partial charge in [-0.25, -0.2) is 13.8 Å². The van der Waals surface area contributed by atoms with Crippen molar-refractivity contribution in [1.29, 1.82) is 0 Å². The predicted molar refractivity (Wildman–Crippen MR) is 126 cm³/mol. The van der Waals surface area contributed by atoms with E-state index in [-0.39, 0.29) is 35.9 Å². The standard InChI is InChI=1S/C27H31F2N3O/c28-21-14-9-15-22(29)26(21)27-30-23-16-7-8-17-24(23)31(27)18-25(33)32(19-10-3-1-4-11-19)20-12-5-2-6-13-20/h7-9,14-17,19-20H,1-6,10-13,18H2. The van der Waals surface area contributed by atoms with Crippen molar-refractivity contribution in [3.8, 4) is 11.4 Å². The second kappa shape index (κ2) is 9.62. The Kier molecular flexibility index (Phi) is 6.43. The number of hydrogen-bond donors (Lipinski definition) is 0. The van der Waals surface area contributed by atoms with E-state index < -0.39 is 11.6 Å². The molecule has 2 aromatic carbocycles. The number of aromatic nitrogens is 2. The predicted octanol–water partition coefficient (Wildman–Crippen LogP) is 6.48. The van der Waals surface area contributed by atoms with Gasteiger partial charge in [0.2, 0.25) is 5.91 Å². The molecular formula is C27H31F2N3O. The van der Waals surface area contributed by atoms with Crippen LogP contribution in [0.5, 0.6) is 0 Å². The van der Waals surface area contributed by atoms with Gasteiger partial charge >= 0.3 is 0 Å². The van der Waals surface area contributed by atoms with Gasteiger partial charge in [-0.05, 0) is 49.9 Å². The average molecular weight is 452 g/mol. The summed E-state index contributed by atoms with van der Waals surface area (Å²) in [5, 5.41) is 0. The van der Waals surface area contributed by atoms with Crippen molar-refractivity contribution in [3.05, 3.63) is 54.1 Å². The molecule has 1 amide bonds. The molecule has 0 atom stereocenters. The Hall–Kier alpha value is -2.76. The lowest BCUT2D eigenvalue weighted by Gasteiger charge is -2.42. The third kappa shape index (κ3) is 4.40. The van der Waals surface area contributed by atoms with Gasteiger partial charge in [0.15, 0.2) is 0 Å². The van der Waals surface area contributed by atoms with Crippen molar-refractivity contribution in [2.45, 2.75) is 82.8 Å². The van der Waals surface area contributed by atoms with Crippen molar-refractivity contribution >= 4 is 16.9 Å². The number of carbonyl (C=O) groups excluding carboxylic acids is 1. The highest BCUT2D eigenvalue weighted by Crippen LogP contribution is 2.33. The molecule has 0 spiro atoms. The quantitative estimate of drug-likeness (QED) is 0.446. The number of para-hydroxylation sites is 2. The largest absolute Gasteiger partial charge is 0.335 e. The fourth-order valence-corrected chi connectivity index (χ4v) is 5.78. The Morgan fingerprint density at radius 2 is 1.42 bits per heavy atom. The van der Waals surface area contributed by atoms with Crippen molar-refractivity contribution in [2.24, 2.45) is 0 Å². The first-order chi connectivity index (χ1) is 16.1. The normalized spacial score (nSPS) is 18.0. The zero-order valence-corrected chi connectivity index (χ0v) is 19.0. The maximum Gasteiger partial charge on any atom is 0.243 e. The molecule has 2 saturated carbocycles. The highest BCUT2D eigenvalue weighted by atomic mass is 19.1. The van der Waals surface area contributed by atoms with Gasteiger partial charge in [-0.3, -0.25) is 4.79 Å². The van der Waals surface area contributed by atoms with Crippen molar-refractivity contribution in [1.82, 2.24) is 14.5 Å². The topological polar surface area (TPSA) is 38.1 Å². The second-order valence-electron chi connectivity index (χ2n) is 9.49. The molecule has 1 aromatic heterocycles. The highest BCUT2D eigenvalue weighted by Gasteiger charge is 2.33. The first-order valence-corrected chi connectivity index (χ1v) is 12.3. The van der Waals surface area contributed by atoms with Crippen LogP contribution in [0, 0.1) is 11.6 Å². The molecule has 0 radical (unpaired) electrons. The van der Waals surface area contributed by atoms with E-state index in [1.807, 2.05) is 24.3 Å². The summed E-state index contributed by atoms with van der Waals surface area (Å²) in [6.45, 7) is 0.0383. The number of amides is 1. The smallest absolute Gasteiger partial charge is 0.243 e. The molecule has 2 aliphatic rings. The van der Waals surface area contributed by atoms with Crippen LogP contribution in [0.4, 0.5) is 8.78 Å². The van der Waals surface area contributed by atoms with E-state index in [1.165, 1.54) is 31.0 Å². The van der Waals surface area contributed by atoms with Crippen LogP contribution >= 0.6 is 0 Å². The SMILES string of the molecule is O=C(Cn1c(-c2c(F)cccc2F)nc2ccccc21)N(C1CCCCC1)C1CCCCC1. The minimum atomic E-state index is -0.671. The van der Waals surface area contributed by atoms with E-state index in [0.717, 1.165) is 56.9 Å². The summed E-state index contributed by atoms with van der Waals surface area (Å²) < 4.78 is 31.2. The van der Waals surface area contributed by atoms with Crippen LogP contribution in [-0.2, 0) is 11.3 Å². The minimum absolute atomic E-state index is 0.0370. The summed E-state index contributed by atoms with van der Waals surface area (Å²) >= 11 is 0. The first kappa shape index (κ1) is 22.1. The van der Waals surface area contributed by atoms with Crippen LogP contribution in [0.2, 0.25) is 0 Å². The summed E-state index contributed by atoms with van der Waals surface area (Å²) in [6, 6.07) is 11.7. The van der Waals surface area contributed by atoms with Gasteiger partial charge in [-0.15, -0.1) is 0 Å². The molecule has 3 aromatic rings. The molecule has 1 heterocycles. The van der Waals surface area contributed by atoms with Crippen LogP contribution in [0.25, 0.3) is 22.4 Å². The molecule has 2 fully saturated rings. The number of nitrogens with zero attached hydrogens (tertiary/aromatic N) is 3. The number of rotatable bonds is 5. The minimum Gasteiger partial charge on any atom is -0.335 e. The molecule has 0 unspecified atom stereocenters. The van der Waals surface area contributed by atoms with Crippen LogP contribution in [0.1, 0.15) is 64.2 Å². The fourth-order valence-electron chi connectivity index (χ4n) is 5.78. The fraction of sp³-hybridized carbons (Fsp3) is 0.481. The third-order valence-corrected chi connectivity index (χ3v) is 7.36. The molecule has 2 aliphatic carbocycles. The Morgan fingerprint density at radius 1 is 0.848 bits per heavy atom. The van der Waals surface area contributed by atoms with Crippen LogP contribution in [0.3, 0.4) is 0 Å². The Bertz CT molecular complexity index is 1090. The van der Waals surface area contributed by atoms with E-state index >= 15 is 0 Å². The number of hydrogen-bond acceptors (Lipinski definition) is 2. The molecule has 0 aliphatic heterocycles. The van der Waals surface area contributed by atoms with Crippen molar-refractivity contribution in [2.75, 3.05) is 0 Å². The van der Waals surface area contributed by atoms with Crippen molar-refractivity contribution < 1.29 is 13.6 Å². The number of imidazole rings is 1. The van der Waals surface area contributed by atoms with Gasteiger partial charge in [-0.2, -0.15) is 0 Å². The lowest BCUT2D eigenvalue weighted by Crippen LogP contribution is -2.50. The van der Waals surface area contributed by atoms with Crippen molar-refractivity contribution in [3.63, 3.8) is 0 Å². The van der Waals surface area contributed by atoms with Gasteiger partial charge in [0.1, 0.15) is 24.0 Å². The molecule has 4 nitrogen and oxygen atoms in total. The van der Waals surface area contributed by atoms with Crippen LogP contribution in [-0.4, -0.2) is 32.4 Å². The molecular weight excluding hydrogens is 420 g/mol. The van der Waals surface area contributed by atoms with Gasteiger partial charge in [0.05, 0.1) is 16.6 Å². The number of benzene rings is 2. The molecule has 0 bridgehead atoms. The molecule has 5 rings (SSSR count). The summed E-state index contributed by atoms with van der Waals surface area (Å²) in [5.74, 6) is -1.13. The zero-order valence-electron chi connectivity index (χ0n) is 19.0. The second-order valence-corrected chi connectivity index (χ2v) is 9.49. The first-order valence-electron chi connectivity index (χ1n) is 12.3. The molecule has 6 heteroatoms. The molecule has 174 valence electrons. The summed E-state index contributed by atoms with van der Waals surface area (Å²) in [4.78, 5) is 20.6. The Balaban J connectivity index is 1.55. The molecule has 0 saturated heterocycles. The lowest BCUT2D eigenvalue weighted by atomic mass is 9.88. The van der Waals surface area contributed by atoms with E-state index in [4.69, 9.17) is 0 Å². The van der Waals surface area contributed by atoms with Gasteiger partial charge in [-0.1, -0.05) is 56.7 Å². The Morgan fingerprint density at radius 3 is 2.03 bits per heavy atom. The van der Waals surface area contributed by atoms with E-state index in [1.54, 1.807) is 4.57 Å². The van der Waals surface area contributed by atoms with Gasteiger partial charge in [0, 0.05) is 12.1 Å². The number of carbonyl (C=O) groups is 1. The maximum absolute atomic E-state index is 14.7. The maximum atomic E-state index is 14.7. The number of fused-ring (bicyclic) bond motifs is 1. The monoisotopic (exact) mass is 451 g/mol. The summed E-state index contributed by atoms with van der Waals surface area (Å²) in [7, 11) is 0. The van der Waals surface area contributed by atoms with Gasteiger partial charge < -0.3 is 9.47 Å². The Labute approximate surface area is 193 Å². The summed E-state index contributed by atoms with van der Waals surface area (Å²) in [6.07, 6.45) is 11.2. The number of halogens is 2. The van der Waals surface area contributed by atoms with Gasteiger partial charge in [0.25, 0.3) is 0 Å². The highest BCUT2D eigenvalue weighted by molar-refractivity contribution is 5.85. The molecule has 0 N–H and O–H groups in total. The van der Waals surface area contributed by atoms with E-state index in [0.29, 0.717) is 5.52 Å². The lowest BCUT2D eigenvalue weighted by molar-refractivity contribution is -0.138. The summed E-state index contributed by atoms with van der Waals surface area (Å²) in [5.41, 5.74) is 1.17. The third-order valence-electron chi connectivity index (χ3n) is 7.36. The van der Waals surface area contributed by atoms with Crippen LogP contribution < -0.4 is 0 Å². The van der Waals surface area contributed by atoms with E-state index in [2.05, 4.69) is 9.88 Å². The van der Waals surface area contributed by atoms with Crippen LogP contribution in [0.15, 0.2) is 42.5 Å². The van der Waals surface area contributed by atoms with E-state index in [9.17, 15) is 13.6 Å². The zero-order chi connectivity index (χ0) is 22.8. The molecule has 33 heavy (non-hydrogen) atoms. The average Bonchev–Trinajstić information content (AvgIpc) is 3.18.